The molecule has 0 unspecified atom stereocenters. The molecule has 1 aromatic carbocycles. The number of halogens is 2. The maximum Gasteiger partial charge on any atom is 0.409 e. The van der Waals surface area contributed by atoms with E-state index < -0.39 is 0 Å². The number of piperazine rings is 1. The van der Waals surface area contributed by atoms with Crippen molar-refractivity contribution in [3.05, 3.63) is 33.8 Å². The topological polar surface area (TPSA) is 49.9 Å². The Hall–Kier alpha value is -1.46. The highest BCUT2D eigenvalue weighted by molar-refractivity contribution is 6.35. The Morgan fingerprint density at radius 2 is 1.70 bits per heavy atom. The summed E-state index contributed by atoms with van der Waals surface area (Å²) in [6, 6.07) is 4.79. The summed E-state index contributed by atoms with van der Waals surface area (Å²) in [6.07, 6.45) is -0.377. The first-order valence-corrected chi connectivity index (χ1v) is 6.85. The molecule has 2 amide bonds. The highest BCUT2D eigenvalue weighted by atomic mass is 35.5. The molecule has 108 valence electrons. The van der Waals surface area contributed by atoms with Crippen LogP contribution in [-0.2, 0) is 4.74 Å². The van der Waals surface area contributed by atoms with Gasteiger partial charge in [-0.1, -0.05) is 23.2 Å². The molecule has 0 saturated carbocycles. The van der Waals surface area contributed by atoms with E-state index in [-0.39, 0.29) is 12.0 Å². The number of hydrogen-bond donors (Lipinski definition) is 0. The highest BCUT2D eigenvalue weighted by Crippen LogP contribution is 2.22. The first kappa shape index (κ1) is 14.9. The van der Waals surface area contributed by atoms with E-state index in [4.69, 9.17) is 23.2 Å². The Morgan fingerprint density at radius 1 is 1.10 bits per heavy atom. The number of nitrogens with zero attached hydrogens (tertiary/aromatic N) is 2. The summed E-state index contributed by atoms with van der Waals surface area (Å²) < 4.78 is 4.65. The van der Waals surface area contributed by atoms with Crippen LogP contribution in [0.3, 0.4) is 0 Å². The zero-order chi connectivity index (χ0) is 14.7. The average Bonchev–Trinajstić information content (AvgIpc) is 2.48. The molecule has 0 radical (unpaired) electrons. The van der Waals surface area contributed by atoms with Crippen LogP contribution in [0, 0.1) is 0 Å². The summed E-state index contributed by atoms with van der Waals surface area (Å²) in [5.74, 6) is -0.179. The fraction of sp³-hybridized carbons (Fsp3) is 0.385. The Kier molecular flexibility index (Phi) is 4.73. The van der Waals surface area contributed by atoms with Gasteiger partial charge in [0.05, 0.1) is 17.7 Å². The summed E-state index contributed by atoms with van der Waals surface area (Å²) in [6.45, 7) is 1.76. The predicted octanol–water partition coefficient (Wildman–Crippen LogP) is 2.52. The first-order chi connectivity index (χ1) is 9.52. The molecule has 1 saturated heterocycles. The largest absolute Gasteiger partial charge is 0.453 e. The Bertz CT molecular complexity index is 528. The SMILES string of the molecule is COC(=O)N1CCN(C(=O)c2cc(Cl)ccc2Cl)CC1. The van der Waals surface area contributed by atoms with Crippen LogP contribution in [0.15, 0.2) is 18.2 Å². The molecule has 1 heterocycles. The van der Waals surface area contributed by atoms with Gasteiger partial charge in [0, 0.05) is 31.2 Å². The van der Waals surface area contributed by atoms with Crippen LogP contribution in [0.5, 0.6) is 0 Å². The summed E-state index contributed by atoms with van der Waals surface area (Å²) in [4.78, 5) is 26.9. The van der Waals surface area contributed by atoms with E-state index >= 15 is 0 Å². The molecule has 5 nitrogen and oxygen atoms in total. The van der Waals surface area contributed by atoms with Gasteiger partial charge in [-0.15, -0.1) is 0 Å². The minimum absolute atomic E-state index is 0.179. The van der Waals surface area contributed by atoms with Crippen molar-refractivity contribution in [1.29, 1.82) is 0 Å². The number of benzene rings is 1. The van der Waals surface area contributed by atoms with Crippen molar-refractivity contribution in [2.24, 2.45) is 0 Å². The molecular formula is C13H14Cl2N2O3. The van der Waals surface area contributed by atoms with Gasteiger partial charge >= 0.3 is 6.09 Å². The number of carbonyl (C=O) groups excluding carboxylic acids is 2. The van der Waals surface area contributed by atoms with Crippen LogP contribution in [0.1, 0.15) is 10.4 Å². The second kappa shape index (κ2) is 6.33. The third-order valence-electron chi connectivity index (χ3n) is 3.16. The van der Waals surface area contributed by atoms with Gasteiger partial charge in [-0.25, -0.2) is 4.79 Å². The van der Waals surface area contributed by atoms with Crippen molar-refractivity contribution in [2.45, 2.75) is 0 Å². The highest BCUT2D eigenvalue weighted by Gasteiger charge is 2.26. The van der Waals surface area contributed by atoms with Crippen LogP contribution < -0.4 is 0 Å². The Labute approximate surface area is 127 Å². The van der Waals surface area contributed by atoms with Gasteiger partial charge in [-0.2, -0.15) is 0 Å². The van der Waals surface area contributed by atoms with Gasteiger partial charge in [0.1, 0.15) is 0 Å². The maximum atomic E-state index is 12.4. The van der Waals surface area contributed by atoms with Crippen molar-refractivity contribution in [2.75, 3.05) is 33.3 Å². The zero-order valence-corrected chi connectivity index (χ0v) is 12.4. The molecule has 7 heteroatoms. The molecular weight excluding hydrogens is 303 g/mol. The van der Waals surface area contributed by atoms with Gasteiger partial charge in [0.25, 0.3) is 5.91 Å². The van der Waals surface area contributed by atoms with Crippen LogP contribution in [0.4, 0.5) is 4.79 Å². The van der Waals surface area contributed by atoms with Crippen molar-refractivity contribution < 1.29 is 14.3 Å². The van der Waals surface area contributed by atoms with E-state index in [0.717, 1.165) is 0 Å². The van der Waals surface area contributed by atoms with E-state index in [0.29, 0.717) is 41.8 Å². The summed E-state index contributed by atoms with van der Waals surface area (Å²) in [7, 11) is 1.34. The van der Waals surface area contributed by atoms with Crippen molar-refractivity contribution >= 4 is 35.2 Å². The van der Waals surface area contributed by atoms with Crippen molar-refractivity contribution in [3.63, 3.8) is 0 Å². The van der Waals surface area contributed by atoms with Crippen molar-refractivity contribution in [1.82, 2.24) is 9.80 Å². The molecule has 20 heavy (non-hydrogen) atoms. The lowest BCUT2D eigenvalue weighted by Crippen LogP contribution is -2.50. The lowest BCUT2D eigenvalue weighted by molar-refractivity contribution is 0.0600. The number of amides is 2. The fourth-order valence-corrected chi connectivity index (χ4v) is 2.42. The lowest BCUT2D eigenvalue weighted by atomic mass is 10.2. The molecule has 0 bridgehead atoms. The summed E-state index contributed by atoms with van der Waals surface area (Å²) in [5.41, 5.74) is 0.380. The second-order valence-electron chi connectivity index (χ2n) is 4.37. The van der Waals surface area contributed by atoms with E-state index in [1.807, 2.05) is 0 Å². The second-order valence-corrected chi connectivity index (χ2v) is 5.22. The molecule has 1 aliphatic heterocycles. The van der Waals surface area contributed by atoms with Crippen LogP contribution in [0.2, 0.25) is 10.0 Å². The van der Waals surface area contributed by atoms with Gasteiger partial charge in [-0.3, -0.25) is 4.79 Å². The smallest absolute Gasteiger partial charge is 0.409 e. The number of ether oxygens (including phenoxy) is 1. The van der Waals surface area contributed by atoms with Crippen LogP contribution in [0.25, 0.3) is 0 Å². The Morgan fingerprint density at radius 3 is 2.30 bits per heavy atom. The van der Waals surface area contributed by atoms with Gasteiger partial charge < -0.3 is 14.5 Å². The van der Waals surface area contributed by atoms with Crippen molar-refractivity contribution in [3.8, 4) is 0 Å². The molecule has 0 spiro atoms. The minimum atomic E-state index is -0.377. The first-order valence-electron chi connectivity index (χ1n) is 6.10. The van der Waals surface area contributed by atoms with E-state index in [1.54, 1.807) is 28.0 Å². The normalized spacial score (nSPS) is 15.2. The number of hydrogen-bond acceptors (Lipinski definition) is 3. The summed E-state index contributed by atoms with van der Waals surface area (Å²) >= 11 is 11.9. The minimum Gasteiger partial charge on any atom is -0.453 e. The number of methoxy groups -OCH3 is 1. The molecule has 0 N–H and O–H groups in total. The molecule has 2 rings (SSSR count). The molecule has 1 fully saturated rings. The van der Waals surface area contributed by atoms with E-state index in [2.05, 4.69) is 4.74 Å². The molecule has 0 atom stereocenters. The quantitative estimate of drug-likeness (QED) is 0.800. The molecule has 1 aliphatic rings. The standard InChI is InChI=1S/C13H14Cl2N2O3/c1-20-13(19)17-6-4-16(5-7-17)12(18)10-8-9(14)2-3-11(10)15/h2-3,8H,4-7H2,1H3. The number of carbonyl (C=O) groups is 2. The predicted molar refractivity (Wildman–Crippen MR) is 76.3 cm³/mol. The van der Waals surface area contributed by atoms with E-state index in [1.165, 1.54) is 7.11 Å². The third kappa shape index (κ3) is 3.16. The van der Waals surface area contributed by atoms with Gasteiger partial charge in [-0.05, 0) is 18.2 Å². The average molecular weight is 317 g/mol. The molecule has 1 aromatic rings. The lowest BCUT2D eigenvalue weighted by Gasteiger charge is -2.34. The molecule has 0 aliphatic carbocycles. The van der Waals surface area contributed by atoms with Gasteiger partial charge in [0.2, 0.25) is 0 Å². The maximum absolute atomic E-state index is 12.4. The molecule has 0 aromatic heterocycles. The van der Waals surface area contributed by atoms with E-state index in [9.17, 15) is 9.59 Å². The summed E-state index contributed by atoms with van der Waals surface area (Å²) in [5, 5.41) is 0.834. The van der Waals surface area contributed by atoms with Crippen LogP contribution >= 0.6 is 23.2 Å². The van der Waals surface area contributed by atoms with Gasteiger partial charge in [0.15, 0.2) is 0 Å². The van der Waals surface area contributed by atoms with Crippen LogP contribution in [-0.4, -0.2) is 55.1 Å². The number of rotatable bonds is 1. The fourth-order valence-electron chi connectivity index (χ4n) is 2.05. The third-order valence-corrected chi connectivity index (χ3v) is 3.72. The Balaban J connectivity index is 2.05. The monoisotopic (exact) mass is 316 g/mol. The zero-order valence-electron chi connectivity index (χ0n) is 10.9.